The van der Waals surface area contributed by atoms with E-state index in [0.717, 1.165) is 31.6 Å². The molecule has 0 radical (unpaired) electrons. The number of rotatable bonds is 8. The van der Waals surface area contributed by atoms with Gasteiger partial charge < -0.3 is 19.9 Å². The van der Waals surface area contributed by atoms with Crippen LogP contribution >= 0.6 is 11.6 Å². The molecule has 3 atom stereocenters. The summed E-state index contributed by atoms with van der Waals surface area (Å²) in [6, 6.07) is 7.57. The molecule has 1 aromatic rings. The molecule has 1 aromatic carbocycles. The van der Waals surface area contributed by atoms with Gasteiger partial charge in [0.25, 0.3) is 0 Å². The Balaban J connectivity index is 1.61. The Kier molecular flexibility index (Phi) is 6.93. The van der Waals surface area contributed by atoms with Gasteiger partial charge in [0.2, 0.25) is 0 Å². The normalized spacial score (nSPS) is 21.4. The van der Waals surface area contributed by atoms with Crippen molar-refractivity contribution >= 4 is 11.6 Å². The van der Waals surface area contributed by atoms with Crippen molar-refractivity contribution in [3.8, 4) is 0 Å². The topological polar surface area (TPSA) is 50.7 Å². The lowest BCUT2D eigenvalue weighted by Gasteiger charge is -2.18. The van der Waals surface area contributed by atoms with E-state index in [1.54, 1.807) is 0 Å². The van der Waals surface area contributed by atoms with E-state index < -0.39 is 6.10 Å². The summed E-state index contributed by atoms with van der Waals surface area (Å²) in [5, 5.41) is 13.9. The third-order valence-electron chi connectivity index (χ3n) is 3.65. The first-order valence-electron chi connectivity index (χ1n) is 7.52. The molecule has 0 saturated carbocycles. The van der Waals surface area contributed by atoms with E-state index in [2.05, 4.69) is 5.32 Å². The van der Waals surface area contributed by atoms with Crippen molar-refractivity contribution in [3.05, 3.63) is 34.9 Å². The number of nitrogens with one attached hydrogen (secondary N) is 1. The van der Waals surface area contributed by atoms with Crippen LogP contribution in [0.3, 0.4) is 0 Å². The van der Waals surface area contributed by atoms with Crippen LogP contribution in [0.4, 0.5) is 0 Å². The second kappa shape index (κ2) is 8.71. The Morgan fingerprint density at radius 2 is 2.19 bits per heavy atom. The molecule has 0 amide bonds. The van der Waals surface area contributed by atoms with Crippen LogP contribution in [0.15, 0.2) is 24.3 Å². The van der Waals surface area contributed by atoms with Gasteiger partial charge in [-0.05, 0) is 37.5 Å². The number of aliphatic hydroxyl groups excluding tert-OH is 1. The third-order valence-corrected chi connectivity index (χ3v) is 3.91. The zero-order chi connectivity index (χ0) is 15.1. The maximum absolute atomic E-state index is 9.91. The van der Waals surface area contributed by atoms with Gasteiger partial charge in [-0.25, -0.2) is 0 Å². The average Bonchev–Trinajstić information content (AvgIpc) is 2.99. The SMILES string of the molecule is C[C@@H](OC[C@H](O)CNC[C@@H]1CCCO1)c1ccc(Cl)cc1. The quantitative estimate of drug-likeness (QED) is 0.774. The Labute approximate surface area is 131 Å². The van der Waals surface area contributed by atoms with Crippen molar-refractivity contribution in [2.24, 2.45) is 0 Å². The fraction of sp³-hybridized carbons (Fsp3) is 0.625. The van der Waals surface area contributed by atoms with Crippen LogP contribution < -0.4 is 5.32 Å². The molecule has 1 aliphatic heterocycles. The van der Waals surface area contributed by atoms with Crippen molar-refractivity contribution in [2.75, 3.05) is 26.3 Å². The Morgan fingerprint density at radius 1 is 1.43 bits per heavy atom. The molecule has 1 fully saturated rings. The second-order valence-electron chi connectivity index (χ2n) is 5.47. The zero-order valence-corrected chi connectivity index (χ0v) is 13.2. The van der Waals surface area contributed by atoms with E-state index in [0.29, 0.717) is 24.3 Å². The molecule has 1 aliphatic rings. The number of hydrogen-bond donors (Lipinski definition) is 2. The lowest BCUT2D eigenvalue weighted by atomic mass is 10.1. The van der Waals surface area contributed by atoms with Gasteiger partial charge >= 0.3 is 0 Å². The van der Waals surface area contributed by atoms with Crippen molar-refractivity contribution in [1.29, 1.82) is 0 Å². The fourth-order valence-electron chi connectivity index (χ4n) is 2.36. The highest BCUT2D eigenvalue weighted by Crippen LogP contribution is 2.19. The summed E-state index contributed by atoms with van der Waals surface area (Å²) in [5.41, 5.74) is 1.05. The lowest BCUT2D eigenvalue weighted by molar-refractivity contribution is -0.00321. The van der Waals surface area contributed by atoms with Crippen molar-refractivity contribution in [3.63, 3.8) is 0 Å². The maximum Gasteiger partial charge on any atom is 0.0897 e. The van der Waals surface area contributed by atoms with E-state index in [9.17, 15) is 5.11 Å². The second-order valence-corrected chi connectivity index (χ2v) is 5.91. The molecule has 0 aliphatic carbocycles. The van der Waals surface area contributed by atoms with E-state index >= 15 is 0 Å². The molecule has 0 unspecified atom stereocenters. The molecule has 1 saturated heterocycles. The smallest absolute Gasteiger partial charge is 0.0897 e. The Hall–Kier alpha value is -0.650. The standard InChI is InChI=1S/C16H24ClNO3/c1-12(13-4-6-14(17)7-5-13)21-11-15(19)9-18-10-16-3-2-8-20-16/h4-7,12,15-16,18-19H,2-3,8-11H2,1H3/t12-,15-,16+/m1/s1. The van der Waals surface area contributed by atoms with Crippen molar-refractivity contribution in [1.82, 2.24) is 5.32 Å². The fourth-order valence-corrected chi connectivity index (χ4v) is 2.49. The summed E-state index contributed by atoms with van der Waals surface area (Å²) in [4.78, 5) is 0. The summed E-state index contributed by atoms with van der Waals surface area (Å²) in [6.45, 7) is 4.45. The van der Waals surface area contributed by atoms with E-state index in [4.69, 9.17) is 21.1 Å². The molecule has 0 aromatic heterocycles. The van der Waals surface area contributed by atoms with Gasteiger partial charge in [-0.2, -0.15) is 0 Å². The van der Waals surface area contributed by atoms with Crippen LogP contribution in [0.2, 0.25) is 5.02 Å². The molecule has 0 spiro atoms. The molecular weight excluding hydrogens is 290 g/mol. The minimum atomic E-state index is -0.513. The van der Waals surface area contributed by atoms with E-state index in [1.165, 1.54) is 0 Å². The first-order chi connectivity index (χ1) is 10.1. The number of ether oxygens (including phenoxy) is 2. The van der Waals surface area contributed by atoms with Crippen LogP contribution in [0, 0.1) is 0 Å². The highest BCUT2D eigenvalue weighted by molar-refractivity contribution is 6.30. The number of aliphatic hydroxyl groups is 1. The number of hydrogen-bond acceptors (Lipinski definition) is 4. The number of benzene rings is 1. The summed E-state index contributed by atoms with van der Waals surface area (Å²) < 4.78 is 11.2. The molecule has 2 N–H and O–H groups in total. The van der Waals surface area contributed by atoms with Crippen molar-refractivity contribution in [2.45, 2.75) is 38.1 Å². The van der Waals surface area contributed by atoms with E-state index in [-0.39, 0.29) is 6.10 Å². The van der Waals surface area contributed by atoms with Crippen LogP contribution in [0.25, 0.3) is 0 Å². The van der Waals surface area contributed by atoms with Gasteiger partial charge in [0.15, 0.2) is 0 Å². The molecule has 118 valence electrons. The van der Waals surface area contributed by atoms with Gasteiger partial charge in [0.05, 0.1) is 24.9 Å². The third kappa shape index (κ3) is 5.93. The predicted octanol–water partition coefficient (Wildman–Crippen LogP) is 2.55. The molecule has 5 heteroatoms. The average molecular weight is 314 g/mol. The summed E-state index contributed by atoms with van der Waals surface area (Å²) in [5.74, 6) is 0. The Morgan fingerprint density at radius 3 is 2.86 bits per heavy atom. The summed E-state index contributed by atoms with van der Waals surface area (Å²) in [7, 11) is 0. The molecule has 1 heterocycles. The maximum atomic E-state index is 9.91. The van der Waals surface area contributed by atoms with Gasteiger partial charge in [-0.3, -0.25) is 0 Å². The predicted molar refractivity (Wildman–Crippen MR) is 83.7 cm³/mol. The molecule has 2 rings (SSSR count). The molecular formula is C16H24ClNO3. The monoisotopic (exact) mass is 313 g/mol. The minimum Gasteiger partial charge on any atom is -0.389 e. The molecule has 21 heavy (non-hydrogen) atoms. The van der Waals surface area contributed by atoms with E-state index in [1.807, 2.05) is 31.2 Å². The van der Waals surface area contributed by atoms with Crippen LogP contribution in [-0.2, 0) is 9.47 Å². The highest BCUT2D eigenvalue weighted by Gasteiger charge is 2.15. The first-order valence-corrected chi connectivity index (χ1v) is 7.90. The van der Waals surface area contributed by atoms with Crippen LogP contribution in [0.5, 0.6) is 0 Å². The summed E-state index contributed by atoms with van der Waals surface area (Å²) >= 11 is 5.86. The Bertz CT molecular complexity index is 406. The minimum absolute atomic E-state index is 0.0601. The molecule has 0 bridgehead atoms. The van der Waals surface area contributed by atoms with Gasteiger partial charge in [-0.1, -0.05) is 23.7 Å². The summed E-state index contributed by atoms with van der Waals surface area (Å²) in [6.07, 6.45) is 1.96. The van der Waals surface area contributed by atoms with Gasteiger partial charge in [0.1, 0.15) is 0 Å². The lowest BCUT2D eigenvalue weighted by Crippen LogP contribution is -2.35. The zero-order valence-electron chi connectivity index (χ0n) is 12.4. The van der Waals surface area contributed by atoms with Crippen LogP contribution in [-0.4, -0.2) is 43.6 Å². The van der Waals surface area contributed by atoms with Gasteiger partial charge in [-0.15, -0.1) is 0 Å². The largest absolute Gasteiger partial charge is 0.389 e. The highest BCUT2D eigenvalue weighted by atomic mass is 35.5. The van der Waals surface area contributed by atoms with Gasteiger partial charge in [0, 0.05) is 24.7 Å². The van der Waals surface area contributed by atoms with Crippen LogP contribution in [0.1, 0.15) is 31.4 Å². The molecule has 4 nitrogen and oxygen atoms in total. The first kappa shape index (κ1) is 16.7. The van der Waals surface area contributed by atoms with Crippen molar-refractivity contribution < 1.29 is 14.6 Å². The number of halogens is 1.